The zero-order valence-electron chi connectivity index (χ0n) is 10.1. The normalized spacial score (nSPS) is 34.2. The van der Waals surface area contributed by atoms with Gasteiger partial charge < -0.3 is 10.6 Å². The van der Waals surface area contributed by atoms with Crippen molar-refractivity contribution in [2.75, 3.05) is 13.1 Å². The summed E-state index contributed by atoms with van der Waals surface area (Å²) in [6.45, 7) is 4.77. The van der Waals surface area contributed by atoms with E-state index in [0.717, 1.165) is 18.0 Å². The molecule has 0 radical (unpaired) electrons. The third-order valence-electron chi connectivity index (χ3n) is 4.22. The van der Waals surface area contributed by atoms with Crippen LogP contribution in [0.25, 0.3) is 0 Å². The molecule has 88 valence electrons. The molecule has 0 amide bonds. The monoisotopic (exact) mass is 210 g/mol. The molecular weight excluding hydrogens is 184 g/mol. The van der Waals surface area contributed by atoms with Crippen molar-refractivity contribution in [1.82, 2.24) is 10.6 Å². The van der Waals surface area contributed by atoms with Crippen LogP contribution in [0.5, 0.6) is 0 Å². The van der Waals surface area contributed by atoms with E-state index in [0.29, 0.717) is 0 Å². The summed E-state index contributed by atoms with van der Waals surface area (Å²) in [5, 5.41) is 7.36. The molecule has 0 aromatic carbocycles. The van der Waals surface area contributed by atoms with Crippen molar-refractivity contribution in [3.63, 3.8) is 0 Å². The van der Waals surface area contributed by atoms with E-state index < -0.39 is 0 Å². The quantitative estimate of drug-likeness (QED) is 0.747. The van der Waals surface area contributed by atoms with Crippen molar-refractivity contribution in [2.45, 2.75) is 64.0 Å². The zero-order valence-corrected chi connectivity index (χ0v) is 10.1. The SMILES string of the molecule is CCC1CCCCC1NC1CCNCC1. The second-order valence-corrected chi connectivity index (χ2v) is 5.25. The summed E-state index contributed by atoms with van der Waals surface area (Å²) in [5.41, 5.74) is 0. The van der Waals surface area contributed by atoms with Crippen LogP contribution in [0.15, 0.2) is 0 Å². The van der Waals surface area contributed by atoms with Crippen LogP contribution in [0.2, 0.25) is 0 Å². The van der Waals surface area contributed by atoms with Gasteiger partial charge in [-0.05, 0) is 44.7 Å². The number of piperidine rings is 1. The van der Waals surface area contributed by atoms with Crippen LogP contribution in [0.1, 0.15) is 51.9 Å². The van der Waals surface area contributed by atoms with E-state index in [1.807, 2.05) is 0 Å². The molecule has 2 fully saturated rings. The predicted octanol–water partition coefficient (Wildman–Crippen LogP) is 2.30. The topological polar surface area (TPSA) is 24.1 Å². The Morgan fingerprint density at radius 3 is 2.53 bits per heavy atom. The van der Waals surface area contributed by atoms with Crippen molar-refractivity contribution in [3.05, 3.63) is 0 Å². The van der Waals surface area contributed by atoms with Crippen LogP contribution >= 0.6 is 0 Å². The van der Waals surface area contributed by atoms with Gasteiger partial charge in [0.1, 0.15) is 0 Å². The molecule has 0 aromatic rings. The highest BCUT2D eigenvalue weighted by molar-refractivity contribution is 4.85. The first-order valence-corrected chi connectivity index (χ1v) is 6.87. The van der Waals surface area contributed by atoms with E-state index in [-0.39, 0.29) is 0 Å². The van der Waals surface area contributed by atoms with Crippen molar-refractivity contribution in [1.29, 1.82) is 0 Å². The van der Waals surface area contributed by atoms with E-state index >= 15 is 0 Å². The highest BCUT2D eigenvalue weighted by Crippen LogP contribution is 2.27. The molecule has 0 spiro atoms. The molecular formula is C13H26N2. The summed E-state index contributed by atoms with van der Waals surface area (Å²) in [7, 11) is 0. The summed E-state index contributed by atoms with van der Waals surface area (Å²) in [6, 6.07) is 1.62. The zero-order chi connectivity index (χ0) is 10.5. The molecule has 1 saturated heterocycles. The fourth-order valence-corrected chi connectivity index (χ4v) is 3.21. The van der Waals surface area contributed by atoms with Gasteiger partial charge in [0.15, 0.2) is 0 Å². The highest BCUT2D eigenvalue weighted by Gasteiger charge is 2.26. The van der Waals surface area contributed by atoms with E-state index in [9.17, 15) is 0 Å². The van der Waals surface area contributed by atoms with Gasteiger partial charge in [-0.3, -0.25) is 0 Å². The maximum absolute atomic E-state index is 3.92. The Bertz CT molecular complexity index is 175. The molecule has 1 aliphatic carbocycles. The average Bonchev–Trinajstić information content (AvgIpc) is 2.31. The van der Waals surface area contributed by atoms with Gasteiger partial charge in [-0.2, -0.15) is 0 Å². The van der Waals surface area contributed by atoms with E-state index in [2.05, 4.69) is 17.6 Å². The molecule has 1 aliphatic heterocycles. The van der Waals surface area contributed by atoms with Crippen LogP contribution in [0.4, 0.5) is 0 Å². The third-order valence-corrected chi connectivity index (χ3v) is 4.22. The third kappa shape index (κ3) is 3.18. The number of rotatable bonds is 3. The first kappa shape index (κ1) is 11.4. The first-order valence-electron chi connectivity index (χ1n) is 6.87. The molecule has 2 unspecified atom stereocenters. The summed E-state index contributed by atoms with van der Waals surface area (Å²) in [5.74, 6) is 0.952. The number of hydrogen-bond donors (Lipinski definition) is 2. The Kier molecular flexibility index (Phi) is 4.45. The molecule has 2 aliphatic rings. The number of nitrogens with one attached hydrogen (secondary N) is 2. The summed E-state index contributed by atoms with van der Waals surface area (Å²) < 4.78 is 0. The molecule has 2 atom stereocenters. The first-order chi connectivity index (χ1) is 7.40. The maximum atomic E-state index is 3.92. The van der Waals surface area contributed by atoms with E-state index in [1.54, 1.807) is 0 Å². The molecule has 2 nitrogen and oxygen atoms in total. The lowest BCUT2D eigenvalue weighted by molar-refractivity contribution is 0.221. The maximum Gasteiger partial charge on any atom is 0.00978 e. The predicted molar refractivity (Wildman–Crippen MR) is 65.1 cm³/mol. The van der Waals surface area contributed by atoms with Gasteiger partial charge in [-0.15, -0.1) is 0 Å². The lowest BCUT2D eigenvalue weighted by atomic mass is 9.82. The van der Waals surface area contributed by atoms with Crippen LogP contribution in [0, 0.1) is 5.92 Å². The largest absolute Gasteiger partial charge is 0.317 e. The summed E-state index contributed by atoms with van der Waals surface area (Å²) in [4.78, 5) is 0. The Balaban J connectivity index is 1.79. The van der Waals surface area contributed by atoms with Crippen molar-refractivity contribution < 1.29 is 0 Å². The lowest BCUT2D eigenvalue weighted by Gasteiger charge is -2.36. The van der Waals surface area contributed by atoms with E-state index in [1.165, 1.54) is 58.0 Å². The van der Waals surface area contributed by atoms with Gasteiger partial charge in [-0.1, -0.05) is 26.2 Å². The van der Waals surface area contributed by atoms with Gasteiger partial charge in [-0.25, -0.2) is 0 Å². The standard InChI is InChI=1S/C13H26N2/c1-2-11-5-3-4-6-13(11)15-12-7-9-14-10-8-12/h11-15H,2-10H2,1H3. The van der Waals surface area contributed by atoms with Crippen molar-refractivity contribution in [3.8, 4) is 0 Å². The Hall–Kier alpha value is -0.0800. The van der Waals surface area contributed by atoms with Crippen LogP contribution in [-0.4, -0.2) is 25.2 Å². The van der Waals surface area contributed by atoms with Crippen LogP contribution < -0.4 is 10.6 Å². The molecule has 2 N–H and O–H groups in total. The molecule has 0 bridgehead atoms. The van der Waals surface area contributed by atoms with Gasteiger partial charge in [0, 0.05) is 12.1 Å². The van der Waals surface area contributed by atoms with Crippen LogP contribution in [0.3, 0.4) is 0 Å². The second kappa shape index (κ2) is 5.86. The molecule has 2 rings (SSSR count). The van der Waals surface area contributed by atoms with Crippen molar-refractivity contribution >= 4 is 0 Å². The van der Waals surface area contributed by atoms with Crippen molar-refractivity contribution in [2.24, 2.45) is 5.92 Å². The van der Waals surface area contributed by atoms with Gasteiger partial charge >= 0.3 is 0 Å². The molecule has 15 heavy (non-hydrogen) atoms. The molecule has 1 saturated carbocycles. The summed E-state index contributed by atoms with van der Waals surface area (Å²) >= 11 is 0. The van der Waals surface area contributed by atoms with Gasteiger partial charge in [0.05, 0.1) is 0 Å². The van der Waals surface area contributed by atoms with Gasteiger partial charge in [0.2, 0.25) is 0 Å². The minimum absolute atomic E-state index is 0.795. The van der Waals surface area contributed by atoms with Crippen LogP contribution in [-0.2, 0) is 0 Å². The smallest absolute Gasteiger partial charge is 0.00978 e. The number of hydrogen-bond acceptors (Lipinski definition) is 2. The Morgan fingerprint density at radius 2 is 1.80 bits per heavy atom. The minimum Gasteiger partial charge on any atom is -0.317 e. The lowest BCUT2D eigenvalue weighted by Crippen LogP contribution is -2.48. The fourth-order valence-electron chi connectivity index (χ4n) is 3.21. The molecule has 2 heteroatoms. The Morgan fingerprint density at radius 1 is 1.07 bits per heavy atom. The highest BCUT2D eigenvalue weighted by atomic mass is 15.0. The molecule has 0 aromatic heterocycles. The van der Waals surface area contributed by atoms with E-state index in [4.69, 9.17) is 0 Å². The second-order valence-electron chi connectivity index (χ2n) is 5.25. The summed E-state index contributed by atoms with van der Waals surface area (Å²) in [6.07, 6.45) is 9.80. The minimum atomic E-state index is 0.795. The average molecular weight is 210 g/mol. The Labute approximate surface area is 94.2 Å². The molecule has 1 heterocycles. The fraction of sp³-hybridized carbons (Fsp3) is 1.00. The van der Waals surface area contributed by atoms with Gasteiger partial charge in [0.25, 0.3) is 0 Å².